The zero-order chi connectivity index (χ0) is 18.7. The van der Waals surface area contributed by atoms with Gasteiger partial charge < -0.3 is 15.2 Å². The summed E-state index contributed by atoms with van der Waals surface area (Å²) in [5.74, 6) is 1.51. The van der Waals surface area contributed by atoms with E-state index >= 15 is 0 Å². The zero-order valence-electron chi connectivity index (χ0n) is 14.5. The minimum atomic E-state index is -0.407. The number of hydrogen-bond donors (Lipinski definition) is 2. The smallest absolute Gasteiger partial charge is 0.274 e. The second-order valence-electron chi connectivity index (χ2n) is 5.72. The molecule has 2 aromatic heterocycles. The summed E-state index contributed by atoms with van der Waals surface area (Å²) in [5, 5.41) is 9.53. The van der Waals surface area contributed by atoms with Crippen LogP contribution in [-0.4, -0.2) is 26.8 Å². The molecule has 0 saturated heterocycles. The Hall–Kier alpha value is -3.55. The van der Waals surface area contributed by atoms with E-state index in [4.69, 9.17) is 4.52 Å². The molecule has 0 radical (unpaired) electrons. The molecule has 0 unspecified atom stereocenters. The minimum absolute atomic E-state index is 0.0756. The third-order valence-corrected chi connectivity index (χ3v) is 3.48. The summed E-state index contributed by atoms with van der Waals surface area (Å²) < 4.78 is 4.99. The number of benzene rings is 1. The van der Waals surface area contributed by atoms with Crippen molar-refractivity contribution in [2.45, 2.75) is 20.8 Å². The molecule has 0 aliphatic rings. The number of hydrogen-bond acceptors (Lipinski definition) is 7. The van der Waals surface area contributed by atoms with Crippen molar-refractivity contribution < 1.29 is 14.1 Å². The van der Waals surface area contributed by atoms with Gasteiger partial charge in [0.25, 0.3) is 5.91 Å². The van der Waals surface area contributed by atoms with Gasteiger partial charge in [-0.05, 0) is 32.9 Å². The zero-order valence-corrected chi connectivity index (χ0v) is 14.5. The molecule has 1 amide bonds. The Bertz CT molecular complexity index is 980. The van der Waals surface area contributed by atoms with Gasteiger partial charge in [-0.3, -0.25) is 9.59 Å². The van der Waals surface area contributed by atoms with Gasteiger partial charge in [-0.2, -0.15) is 0 Å². The van der Waals surface area contributed by atoms with E-state index in [1.54, 1.807) is 44.2 Å². The van der Waals surface area contributed by atoms with E-state index in [0.29, 0.717) is 34.5 Å². The first-order valence-electron chi connectivity index (χ1n) is 7.89. The Balaban J connectivity index is 1.80. The lowest BCUT2D eigenvalue weighted by atomic mass is 10.1. The van der Waals surface area contributed by atoms with Crippen LogP contribution in [0.1, 0.15) is 39.4 Å². The monoisotopic (exact) mass is 351 g/mol. The lowest BCUT2D eigenvalue weighted by Gasteiger charge is -2.08. The summed E-state index contributed by atoms with van der Waals surface area (Å²) in [6, 6.07) is 9.94. The molecule has 0 aliphatic carbocycles. The molecule has 132 valence electrons. The molecule has 0 bridgehead atoms. The van der Waals surface area contributed by atoms with Gasteiger partial charge in [-0.1, -0.05) is 17.3 Å². The summed E-state index contributed by atoms with van der Waals surface area (Å²) in [5.41, 5.74) is 1.22. The highest BCUT2D eigenvalue weighted by molar-refractivity contribution is 6.04. The highest BCUT2D eigenvalue weighted by atomic mass is 16.5. The van der Waals surface area contributed by atoms with Crippen LogP contribution in [0.5, 0.6) is 0 Å². The largest absolute Gasteiger partial charge is 0.360 e. The first-order valence-corrected chi connectivity index (χ1v) is 7.89. The van der Waals surface area contributed by atoms with Gasteiger partial charge in [0.2, 0.25) is 0 Å². The maximum Gasteiger partial charge on any atom is 0.274 e. The van der Waals surface area contributed by atoms with Gasteiger partial charge in [0.15, 0.2) is 11.6 Å². The third-order valence-electron chi connectivity index (χ3n) is 3.48. The Labute approximate surface area is 149 Å². The van der Waals surface area contributed by atoms with Crippen molar-refractivity contribution in [2.24, 2.45) is 0 Å². The van der Waals surface area contributed by atoms with Gasteiger partial charge >= 0.3 is 0 Å². The van der Waals surface area contributed by atoms with Crippen molar-refractivity contribution in [3.05, 3.63) is 59.2 Å². The molecule has 8 heteroatoms. The number of aryl methyl sites for hydroxylation is 2. The standard InChI is InChI=1S/C18H17N5O3/c1-10-7-17(23-26-10)22-16-9-15(19-12(3)20-16)18(25)21-14-6-4-5-13(8-14)11(2)24/h4-9H,1-3H3,(H,21,25)(H,19,20,22,23). The maximum atomic E-state index is 12.5. The second kappa shape index (κ2) is 7.14. The SMILES string of the molecule is CC(=O)c1cccc(NC(=O)c2cc(Nc3cc(C)on3)nc(C)n2)c1. The minimum Gasteiger partial charge on any atom is -0.360 e. The van der Waals surface area contributed by atoms with Crippen molar-refractivity contribution in [1.82, 2.24) is 15.1 Å². The fraction of sp³-hybridized carbons (Fsp3) is 0.167. The Kier molecular flexibility index (Phi) is 4.74. The van der Waals surface area contributed by atoms with Gasteiger partial charge in [-0.15, -0.1) is 0 Å². The molecule has 0 aliphatic heterocycles. The van der Waals surface area contributed by atoms with Crippen LogP contribution in [-0.2, 0) is 0 Å². The average Bonchev–Trinajstić information content (AvgIpc) is 2.99. The van der Waals surface area contributed by atoms with Crippen LogP contribution in [0.15, 0.2) is 40.9 Å². The summed E-state index contributed by atoms with van der Waals surface area (Å²) >= 11 is 0. The molecule has 0 saturated carbocycles. The number of nitrogens with one attached hydrogen (secondary N) is 2. The van der Waals surface area contributed by atoms with Crippen LogP contribution in [0.4, 0.5) is 17.3 Å². The second-order valence-corrected chi connectivity index (χ2v) is 5.72. The van der Waals surface area contributed by atoms with E-state index in [1.807, 2.05) is 0 Å². The number of carbonyl (C=O) groups excluding carboxylic acids is 2. The molecule has 3 rings (SSSR count). The first kappa shape index (κ1) is 17.3. The highest BCUT2D eigenvalue weighted by Crippen LogP contribution is 2.17. The van der Waals surface area contributed by atoms with E-state index in [0.717, 1.165) is 0 Å². The fourth-order valence-electron chi connectivity index (χ4n) is 2.32. The molecule has 8 nitrogen and oxygen atoms in total. The van der Waals surface area contributed by atoms with E-state index < -0.39 is 5.91 Å². The van der Waals surface area contributed by atoms with E-state index in [1.165, 1.54) is 13.0 Å². The molecule has 0 fully saturated rings. The molecule has 3 aromatic rings. The Morgan fingerprint density at radius 2 is 1.85 bits per heavy atom. The molecule has 26 heavy (non-hydrogen) atoms. The van der Waals surface area contributed by atoms with Crippen LogP contribution in [0.2, 0.25) is 0 Å². The molecule has 2 heterocycles. The normalized spacial score (nSPS) is 10.4. The highest BCUT2D eigenvalue weighted by Gasteiger charge is 2.13. The van der Waals surface area contributed by atoms with Gasteiger partial charge in [0.1, 0.15) is 23.1 Å². The lowest BCUT2D eigenvalue weighted by molar-refractivity contribution is 0.100. The van der Waals surface area contributed by atoms with Gasteiger partial charge in [0, 0.05) is 23.4 Å². The van der Waals surface area contributed by atoms with Gasteiger partial charge in [-0.25, -0.2) is 9.97 Å². The van der Waals surface area contributed by atoms with Crippen LogP contribution in [0.3, 0.4) is 0 Å². The van der Waals surface area contributed by atoms with Crippen LogP contribution < -0.4 is 10.6 Å². The predicted octanol–water partition coefficient (Wildman–Crippen LogP) is 3.28. The average molecular weight is 351 g/mol. The number of amides is 1. The van der Waals surface area contributed by atoms with Crippen molar-refractivity contribution in [3.63, 3.8) is 0 Å². The number of Topliss-reactive ketones (excluding diaryl/α,β-unsaturated/α-hetero) is 1. The first-order chi connectivity index (χ1) is 12.4. The number of anilines is 3. The topological polar surface area (TPSA) is 110 Å². The lowest BCUT2D eigenvalue weighted by Crippen LogP contribution is -2.15. The van der Waals surface area contributed by atoms with Crippen LogP contribution in [0.25, 0.3) is 0 Å². The molecule has 1 aromatic carbocycles. The van der Waals surface area contributed by atoms with Crippen molar-refractivity contribution >= 4 is 29.0 Å². The van der Waals surface area contributed by atoms with Gasteiger partial charge in [0.05, 0.1) is 0 Å². The fourth-order valence-corrected chi connectivity index (χ4v) is 2.32. The van der Waals surface area contributed by atoms with Crippen LogP contribution >= 0.6 is 0 Å². The molecular weight excluding hydrogens is 334 g/mol. The number of ketones is 1. The molecule has 0 spiro atoms. The van der Waals surface area contributed by atoms with E-state index in [-0.39, 0.29) is 11.5 Å². The number of carbonyl (C=O) groups is 2. The van der Waals surface area contributed by atoms with Crippen molar-refractivity contribution in [3.8, 4) is 0 Å². The molecule has 2 N–H and O–H groups in total. The summed E-state index contributed by atoms with van der Waals surface area (Å²) in [6.07, 6.45) is 0. The number of rotatable bonds is 5. The summed E-state index contributed by atoms with van der Waals surface area (Å²) in [6.45, 7) is 4.93. The number of nitrogens with zero attached hydrogens (tertiary/aromatic N) is 3. The number of aromatic nitrogens is 3. The van der Waals surface area contributed by atoms with E-state index in [2.05, 4.69) is 25.8 Å². The maximum absolute atomic E-state index is 12.5. The summed E-state index contributed by atoms with van der Waals surface area (Å²) in [7, 11) is 0. The summed E-state index contributed by atoms with van der Waals surface area (Å²) in [4.78, 5) is 32.4. The third kappa shape index (κ3) is 4.10. The predicted molar refractivity (Wildman–Crippen MR) is 95.7 cm³/mol. The molecular formula is C18H17N5O3. The van der Waals surface area contributed by atoms with Crippen molar-refractivity contribution in [2.75, 3.05) is 10.6 Å². The Morgan fingerprint density at radius 3 is 2.54 bits per heavy atom. The Morgan fingerprint density at radius 1 is 1.04 bits per heavy atom. The van der Waals surface area contributed by atoms with Crippen LogP contribution in [0, 0.1) is 13.8 Å². The molecule has 0 atom stereocenters. The van der Waals surface area contributed by atoms with Crippen molar-refractivity contribution in [1.29, 1.82) is 0 Å². The van der Waals surface area contributed by atoms with E-state index in [9.17, 15) is 9.59 Å². The quantitative estimate of drug-likeness (QED) is 0.679.